The fourth-order valence-corrected chi connectivity index (χ4v) is 1.16. The fourth-order valence-electron chi connectivity index (χ4n) is 1.16. The van der Waals surface area contributed by atoms with Gasteiger partial charge in [-0.25, -0.2) is 9.59 Å². The molecular weight excluding hydrogens is 264 g/mol. The molecule has 0 aliphatic rings. The number of alkyl carbamates (subject to hydrolysis) is 2. The van der Waals surface area contributed by atoms with Crippen LogP contribution >= 0.6 is 0 Å². The third-order valence-electron chi connectivity index (χ3n) is 2.06. The Morgan fingerprint density at radius 3 is 2.25 bits per heavy atom. The van der Waals surface area contributed by atoms with Crippen LogP contribution in [0.25, 0.3) is 0 Å². The van der Waals surface area contributed by atoms with Gasteiger partial charge in [0.1, 0.15) is 12.2 Å². The number of hydrogen-bond donors (Lipinski definition) is 3. The minimum Gasteiger partial charge on any atom is -0.445 e. The molecule has 0 aromatic heterocycles. The molecule has 0 aromatic carbocycles. The molecule has 20 heavy (non-hydrogen) atoms. The molecule has 0 saturated carbocycles. The molecule has 0 spiro atoms. The topological polar surface area (TPSA) is 96.9 Å². The highest BCUT2D eigenvalue weighted by atomic mass is 16.6. The van der Waals surface area contributed by atoms with Crippen molar-refractivity contribution >= 4 is 12.2 Å². The Hall–Kier alpha value is -1.76. The average Bonchev–Trinajstić information content (AvgIpc) is 2.34. The maximum atomic E-state index is 11.4. The number of aliphatic hydroxyl groups is 1. The molecule has 7 nitrogen and oxygen atoms in total. The second kappa shape index (κ2) is 9.19. The van der Waals surface area contributed by atoms with Gasteiger partial charge in [0.15, 0.2) is 0 Å². The van der Waals surface area contributed by atoms with Crippen molar-refractivity contribution in [1.29, 1.82) is 0 Å². The van der Waals surface area contributed by atoms with Gasteiger partial charge in [-0.05, 0) is 20.8 Å². The fraction of sp³-hybridized carbons (Fsp3) is 0.692. The largest absolute Gasteiger partial charge is 0.445 e. The van der Waals surface area contributed by atoms with Crippen LogP contribution in [0.4, 0.5) is 9.59 Å². The molecule has 3 N–H and O–H groups in total. The lowest BCUT2D eigenvalue weighted by Crippen LogP contribution is -2.40. The minimum absolute atomic E-state index is 0.117. The third-order valence-corrected chi connectivity index (χ3v) is 2.06. The van der Waals surface area contributed by atoms with E-state index in [0.717, 1.165) is 0 Å². The number of carbonyl (C=O) groups is 2. The lowest BCUT2D eigenvalue weighted by Gasteiger charge is -2.21. The van der Waals surface area contributed by atoms with Crippen LogP contribution in [0.3, 0.4) is 0 Å². The summed E-state index contributed by atoms with van der Waals surface area (Å²) in [6.45, 7) is 8.99. The molecule has 0 bridgehead atoms. The van der Waals surface area contributed by atoms with E-state index in [1.807, 2.05) is 0 Å². The summed E-state index contributed by atoms with van der Waals surface area (Å²) in [5.41, 5.74) is -0.578. The third kappa shape index (κ3) is 10.2. The Kier molecular flexibility index (Phi) is 8.38. The number of rotatable bonds is 7. The van der Waals surface area contributed by atoms with Gasteiger partial charge in [0.05, 0.1) is 0 Å². The molecule has 0 fully saturated rings. The van der Waals surface area contributed by atoms with Gasteiger partial charge in [-0.2, -0.15) is 0 Å². The van der Waals surface area contributed by atoms with Crippen molar-refractivity contribution < 1.29 is 24.2 Å². The van der Waals surface area contributed by atoms with Gasteiger partial charge in [-0.1, -0.05) is 12.7 Å². The summed E-state index contributed by atoms with van der Waals surface area (Å²) < 4.78 is 9.77. The van der Waals surface area contributed by atoms with Crippen molar-refractivity contribution in [2.45, 2.75) is 26.4 Å². The van der Waals surface area contributed by atoms with Crippen LogP contribution in [0.5, 0.6) is 0 Å². The Labute approximate surface area is 119 Å². The van der Waals surface area contributed by atoms with E-state index in [0.29, 0.717) is 0 Å². The van der Waals surface area contributed by atoms with Crippen molar-refractivity contribution in [3.8, 4) is 0 Å². The average molecular weight is 288 g/mol. The second-order valence-corrected chi connectivity index (χ2v) is 5.20. The summed E-state index contributed by atoms with van der Waals surface area (Å²) in [6.07, 6.45) is 0.290. The van der Waals surface area contributed by atoms with Crippen molar-refractivity contribution in [2.24, 2.45) is 5.92 Å². The van der Waals surface area contributed by atoms with E-state index in [1.165, 1.54) is 6.08 Å². The van der Waals surface area contributed by atoms with Crippen LogP contribution in [-0.2, 0) is 9.47 Å². The van der Waals surface area contributed by atoms with E-state index >= 15 is 0 Å². The van der Waals surface area contributed by atoms with Gasteiger partial charge in [-0.15, -0.1) is 0 Å². The van der Waals surface area contributed by atoms with Crippen molar-refractivity contribution in [2.75, 3.05) is 26.3 Å². The predicted molar refractivity (Wildman–Crippen MR) is 74.4 cm³/mol. The summed E-state index contributed by atoms with van der Waals surface area (Å²) in [5, 5.41) is 14.2. The number of amides is 2. The van der Waals surface area contributed by atoms with Gasteiger partial charge in [0, 0.05) is 25.6 Å². The molecule has 0 rings (SSSR count). The van der Waals surface area contributed by atoms with Crippen LogP contribution in [0.1, 0.15) is 20.8 Å². The Balaban J connectivity index is 3.95. The van der Waals surface area contributed by atoms with Crippen molar-refractivity contribution in [1.82, 2.24) is 10.6 Å². The van der Waals surface area contributed by atoms with Crippen LogP contribution in [0, 0.1) is 5.92 Å². The van der Waals surface area contributed by atoms with E-state index in [-0.39, 0.29) is 32.2 Å². The molecule has 0 aliphatic heterocycles. The highest BCUT2D eigenvalue weighted by Gasteiger charge is 2.17. The Bertz CT molecular complexity index is 325. The van der Waals surface area contributed by atoms with Crippen LogP contribution in [0.15, 0.2) is 12.7 Å². The molecule has 0 radical (unpaired) electrons. The summed E-state index contributed by atoms with van der Waals surface area (Å²) in [5.74, 6) is -0.321. The molecule has 2 amide bonds. The molecule has 7 heteroatoms. The van der Waals surface area contributed by atoms with Crippen molar-refractivity contribution in [3.63, 3.8) is 0 Å². The van der Waals surface area contributed by atoms with Gasteiger partial charge >= 0.3 is 12.2 Å². The van der Waals surface area contributed by atoms with Gasteiger partial charge in [-0.3, -0.25) is 0 Å². The molecule has 0 saturated heterocycles. The monoisotopic (exact) mass is 288 g/mol. The van der Waals surface area contributed by atoms with Crippen LogP contribution < -0.4 is 10.6 Å². The first-order chi connectivity index (χ1) is 9.28. The van der Waals surface area contributed by atoms with Gasteiger partial charge < -0.3 is 25.2 Å². The quantitative estimate of drug-likeness (QED) is 0.608. The highest BCUT2D eigenvalue weighted by Crippen LogP contribution is 2.06. The van der Waals surface area contributed by atoms with E-state index in [1.54, 1.807) is 20.8 Å². The first-order valence-corrected chi connectivity index (χ1v) is 6.37. The van der Waals surface area contributed by atoms with E-state index in [4.69, 9.17) is 14.6 Å². The van der Waals surface area contributed by atoms with E-state index < -0.39 is 17.8 Å². The molecule has 0 aliphatic carbocycles. The number of ether oxygens (including phenoxy) is 2. The Morgan fingerprint density at radius 1 is 1.25 bits per heavy atom. The highest BCUT2D eigenvalue weighted by molar-refractivity contribution is 5.68. The first kappa shape index (κ1) is 18.2. The normalized spacial score (nSPS) is 12.2. The SMILES string of the molecule is C=CCOC(=O)NCC(CO)CNC(=O)OC(C)(C)C. The molecule has 1 unspecified atom stereocenters. The van der Waals surface area contributed by atoms with Crippen molar-refractivity contribution in [3.05, 3.63) is 12.7 Å². The zero-order valence-corrected chi connectivity index (χ0v) is 12.3. The van der Waals surface area contributed by atoms with E-state index in [2.05, 4.69) is 17.2 Å². The second-order valence-electron chi connectivity index (χ2n) is 5.20. The summed E-state index contributed by atoms with van der Waals surface area (Å²) in [4.78, 5) is 22.6. The predicted octanol–water partition coefficient (Wildman–Crippen LogP) is 1.03. The number of hydrogen-bond acceptors (Lipinski definition) is 5. The number of aliphatic hydroxyl groups excluding tert-OH is 1. The number of carbonyl (C=O) groups excluding carboxylic acids is 2. The molecule has 1 atom stereocenters. The smallest absolute Gasteiger partial charge is 0.407 e. The first-order valence-electron chi connectivity index (χ1n) is 6.37. The molecule has 116 valence electrons. The summed E-state index contributed by atoms with van der Waals surface area (Å²) >= 11 is 0. The lowest BCUT2D eigenvalue weighted by molar-refractivity contribution is 0.0513. The molecule has 0 aromatic rings. The zero-order valence-electron chi connectivity index (χ0n) is 12.3. The molecule has 0 heterocycles. The Morgan fingerprint density at radius 2 is 1.80 bits per heavy atom. The standard InChI is InChI=1S/C13H24N2O5/c1-5-6-19-11(17)14-7-10(9-16)8-15-12(18)20-13(2,3)4/h5,10,16H,1,6-9H2,2-4H3,(H,14,17)(H,15,18). The zero-order chi connectivity index (χ0) is 15.6. The van der Waals surface area contributed by atoms with Gasteiger partial charge in [0.2, 0.25) is 0 Å². The number of nitrogens with one attached hydrogen (secondary N) is 2. The maximum Gasteiger partial charge on any atom is 0.407 e. The summed E-state index contributed by atoms with van der Waals surface area (Å²) in [6, 6.07) is 0. The maximum absolute atomic E-state index is 11.4. The lowest BCUT2D eigenvalue weighted by atomic mass is 10.1. The van der Waals surface area contributed by atoms with Gasteiger partial charge in [0.25, 0.3) is 0 Å². The van der Waals surface area contributed by atoms with Crippen LogP contribution in [0.2, 0.25) is 0 Å². The van der Waals surface area contributed by atoms with E-state index in [9.17, 15) is 9.59 Å². The summed E-state index contributed by atoms with van der Waals surface area (Å²) in [7, 11) is 0. The molecular formula is C13H24N2O5. The minimum atomic E-state index is -0.597. The van der Waals surface area contributed by atoms with Crippen LogP contribution in [-0.4, -0.2) is 49.2 Å².